The molecule has 45 heavy (non-hydrogen) atoms. The van der Waals surface area contributed by atoms with Crippen LogP contribution >= 0.6 is 12.2 Å². The molecule has 2 aromatic carbocycles. The summed E-state index contributed by atoms with van der Waals surface area (Å²) in [5.41, 5.74) is 1.44. The highest BCUT2D eigenvalue weighted by atomic mass is 32.1. The first kappa shape index (κ1) is 33.0. The SMILES string of the molecule is COc1ccc(/C=N/[n+]2c(-c3ccccc3)[nH]n([C@@H]3O[C@H](COC(C)=O)[C@@H](OC(C)=O)[C@H](OC(C)=O)[C@H]3OC(C)=O)c2=S)cc1. The summed E-state index contributed by atoms with van der Waals surface area (Å²) in [6.45, 7) is 4.28. The Kier molecular flexibility index (Phi) is 10.8. The van der Waals surface area contributed by atoms with Gasteiger partial charge in [-0.2, -0.15) is 5.10 Å². The highest BCUT2D eigenvalue weighted by Gasteiger charge is 2.55. The van der Waals surface area contributed by atoms with Gasteiger partial charge in [-0.25, -0.2) is 0 Å². The van der Waals surface area contributed by atoms with Gasteiger partial charge in [0.1, 0.15) is 18.5 Å². The molecule has 4 rings (SSSR count). The minimum atomic E-state index is -1.38. The lowest BCUT2D eigenvalue weighted by Crippen LogP contribution is -2.60. The first-order valence-corrected chi connectivity index (χ1v) is 14.2. The van der Waals surface area contributed by atoms with Gasteiger partial charge in [-0.1, -0.05) is 27.6 Å². The predicted molar refractivity (Wildman–Crippen MR) is 158 cm³/mol. The van der Waals surface area contributed by atoms with Crippen molar-refractivity contribution in [1.82, 2.24) is 9.78 Å². The normalized spacial score (nSPS) is 21.1. The molecule has 1 aromatic heterocycles. The Labute approximate surface area is 263 Å². The van der Waals surface area contributed by atoms with Crippen molar-refractivity contribution in [3.63, 3.8) is 0 Å². The minimum Gasteiger partial charge on any atom is -0.497 e. The molecule has 238 valence electrons. The zero-order valence-corrected chi connectivity index (χ0v) is 26.0. The van der Waals surface area contributed by atoms with Gasteiger partial charge in [0.15, 0.2) is 12.2 Å². The van der Waals surface area contributed by atoms with Gasteiger partial charge in [0.25, 0.3) is 12.1 Å². The summed E-state index contributed by atoms with van der Waals surface area (Å²) in [4.78, 5) is 48.4. The zero-order chi connectivity index (χ0) is 32.7. The van der Waals surface area contributed by atoms with E-state index < -0.39 is 54.5 Å². The summed E-state index contributed by atoms with van der Waals surface area (Å²) in [5, 5.41) is 7.80. The number of carbonyl (C=O) groups excluding carboxylic acids is 4. The lowest BCUT2D eigenvalue weighted by Gasteiger charge is -2.42. The number of benzene rings is 2. The van der Waals surface area contributed by atoms with Gasteiger partial charge in [-0.3, -0.25) is 19.2 Å². The first-order chi connectivity index (χ1) is 21.5. The van der Waals surface area contributed by atoms with E-state index in [1.165, 1.54) is 16.3 Å². The van der Waals surface area contributed by atoms with E-state index >= 15 is 0 Å². The smallest absolute Gasteiger partial charge is 0.353 e. The quantitative estimate of drug-likeness (QED) is 0.114. The molecule has 0 unspecified atom stereocenters. The topological polar surface area (TPSA) is 161 Å². The Bertz CT molecular complexity index is 1620. The molecular weight excluding hydrogens is 608 g/mol. The van der Waals surface area contributed by atoms with E-state index in [-0.39, 0.29) is 11.4 Å². The molecule has 0 saturated carbocycles. The van der Waals surface area contributed by atoms with Gasteiger partial charge in [-0.05, 0) is 42.0 Å². The van der Waals surface area contributed by atoms with Crippen LogP contribution in [0.2, 0.25) is 0 Å². The molecule has 0 amide bonds. The van der Waals surface area contributed by atoms with E-state index in [9.17, 15) is 19.2 Å². The van der Waals surface area contributed by atoms with Crippen LogP contribution in [0.25, 0.3) is 11.4 Å². The van der Waals surface area contributed by atoms with E-state index in [1.54, 1.807) is 25.5 Å². The third kappa shape index (κ3) is 8.19. The van der Waals surface area contributed by atoms with Crippen LogP contribution in [-0.4, -0.2) is 78.0 Å². The van der Waals surface area contributed by atoms with Crippen LogP contribution in [0.15, 0.2) is 59.7 Å². The van der Waals surface area contributed by atoms with Crippen molar-refractivity contribution < 1.29 is 52.3 Å². The molecule has 0 aliphatic carbocycles. The molecule has 15 heteroatoms. The van der Waals surface area contributed by atoms with Crippen LogP contribution in [0.4, 0.5) is 0 Å². The number of aromatic amines is 1. The fourth-order valence-corrected chi connectivity index (χ4v) is 4.99. The first-order valence-electron chi connectivity index (χ1n) is 13.8. The number of aromatic nitrogens is 3. The Morgan fingerprint density at radius 2 is 1.49 bits per heavy atom. The summed E-state index contributed by atoms with van der Waals surface area (Å²) in [6, 6.07) is 16.4. The van der Waals surface area contributed by atoms with Crippen LogP contribution in [0.5, 0.6) is 5.75 Å². The number of carbonyl (C=O) groups is 4. The number of esters is 4. The number of hydrogen-bond donors (Lipinski definition) is 1. The van der Waals surface area contributed by atoms with Crippen molar-refractivity contribution >= 4 is 42.3 Å². The average molecular weight is 642 g/mol. The molecule has 1 aliphatic rings. The van der Waals surface area contributed by atoms with Crippen LogP contribution < -0.4 is 9.41 Å². The fraction of sp³-hybridized carbons (Fsp3) is 0.367. The number of ether oxygens (including phenoxy) is 6. The Morgan fingerprint density at radius 1 is 0.889 bits per heavy atom. The molecule has 0 bridgehead atoms. The lowest BCUT2D eigenvalue weighted by molar-refractivity contribution is -0.675. The summed E-state index contributed by atoms with van der Waals surface area (Å²) < 4.78 is 36.3. The predicted octanol–water partition coefficient (Wildman–Crippen LogP) is 2.65. The number of nitrogens with one attached hydrogen (secondary N) is 1. The number of hydrogen-bond acceptors (Lipinski definition) is 12. The summed E-state index contributed by atoms with van der Waals surface area (Å²) >= 11 is 5.85. The molecular formula is C30H33N4O10S+. The van der Waals surface area contributed by atoms with Gasteiger partial charge >= 0.3 is 28.6 Å². The van der Waals surface area contributed by atoms with Gasteiger partial charge in [-0.15, -0.1) is 5.10 Å². The van der Waals surface area contributed by atoms with E-state index in [4.69, 9.17) is 40.6 Å². The Morgan fingerprint density at radius 3 is 2.07 bits per heavy atom. The lowest BCUT2D eigenvalue weighted by atomic mass is 9.97. The van der Waals surface area contributed by atoms with Crippen LogP contribution in [-0.2, 0) is 42.9 Å². The van der Waals surface area contributed by atoms with Gasteiger partial charge in [0, 0.05) is 39.9 Å². The molecule has 1 fully saturated rings. The van der Waals surface area contributed by atoms with E-state index in [0.717, 1.165) is 26.3 Å². The Hall–Kier alpha value is -4.89. The maximum absolute atomic E-state index is 12.4. The molecule has 3 aromatic rings. The highest BCUT2D eigenvalue weighted by molar-refractivity contribution is 7.71. The van der Waals surface area contributed by atoms with Crippen LogP contribution in [0.1, 0.15) is 39.5 Å². The molecule has 0 radical (unpaired) electrons. The molecule has 14 nitrogen and oxygen atoms in total. The monoisotopic (exact) mass is 641 g/mol. The fourth-order valence-electron chi connectivity index (χ4n) is 4.70. The summed E-state index contributed by atoms with van der Waals surface area (Å²) in [7, 11) is 1.57. The molecule has 2 heterocycles. The largest absolute Gasteiger partial charge is 0.497 e. The van der Waals surface area contributed by atoms with Crippen LogP contribution in [0.3, 0.4) is 0 Å². The maximum atomic E-state index is 12.4. The van der Waals surface area contributed by atoms with Crippen molar-refractivity contribution in [2.45, 2.75) is 58.3 Å². The molecule has 5 atom stereocenters. The van der Waals surface area contributed by atoms with Gasteiger partial charge in [0.2, 0.25) is 6.10 Å². The van der Waals surface area contributed by atoms with E-state index in [2.05, 4.69) is 10.2 Å². The van der Waals surface area contributed by atoms with Crippen molar-refractivity contribution in [2.75, 3.05) is 13.7 Å². The zero-order valence-electron chi connectivity index (χ0n) is 25.2. The third-order valence-corrected chi connectivity index (χ3v) is 6.90. The average Bonchev–Trinajstić information content (AvgIpc) is 3.32. The number of H-pyrrole nitrogens is 1. The minimum absolute atomic E-state index is 0.0690. The highest BCUT2D eigenvalue weighted by Crippen LogP contribution is 2.35. The van der Waals surface area contributed by atoms with Gasteiger partial charge in [0.05, 0.1) is 18.9 Å². The van der Waals surface area contributed by atoms with E-state index in [1.807, 2.05) is 42.5 Å². The molecule has 0 spiro atoms. The van der Waals surface area contributed by atoms with Crippen molar-refractivity contribution in [3.05, 3.63) is 64.9 Å². The summed E-state index contributed by atoms with van der Waals surface area (Å²) in [5.74, 6) is -1.74. The van der Waals surface area contributed by atoms with Gasteiger partial charge < -0.3 is 28.4 Å². The Balaban J connectivity index is 1.88. The van der Waals surface area contributed by atoms with Crippen molar-refractivity contribution in [1.29, 1.82) is 0 Å². The second-order valence-corrected chi connectivity index (χ2v) is 10.3. The van der Waals surface area contributed by atoms with Crippen LogP contribution in [0, 0.1) is 4.77 Å². The maximum Gasteiger partial charge on any atom is 0.353 e. The van der Waals surface area contributed by atoms with E-state index in [0.29, 0.717) is 17.1 Å². The standard InChI is InChI=1S/C30H32N4O10S/c1-17(35)40-16-24-25(41-18(2)36)26(42-19(3)37)27(43-20(4)38)29(44-24)34-30(45)33(28(32-34)22-9-7-6-8-10-22)31-15-21-11-13-23(39-5)14-12-21/h6-15,24-27,29H,16H2,1-5H3/p+1/b31-15+/t24-,25-,26+,27-,29-/m1/s1. The second-order valence-electron chi connectivity index (χ2n) is 9.90. The van der Waals surface area contributed by atoms with Crippen molar-refractivity contribution in [2.24, 2.45) is 5.10 Å². The van der Waals surface area contributed by atoms with Crippen molar-refractivity contribution in [3.8, 4) is 17.1 Å². The molecule has 1 saturated heterocycles. The molecule has 1 aliphatic heterocycles. The number of methoxy groups -OCH3 is 1. The molecule has 1 N–H and O–H groups in total. The summed E-state index contributed by atoms with van der Waals surface area (Å²) in [6.07, 6.45) is -4.94. The number of rotatable bonds is 10. The second kappa shape index (κ2) is 14.7. The number of nitrogens with zero attached hydrogens (tertiary/aromatic N) is 3. The third-order valence-electron chi connectivity index (χ3n) is 6.53.